The van der Waals surface area contributed by atoms with E-state index in [0.717, 1.165) is 11.1 Å². The minimum absolute atomic E-state index is 0.0745. The zero-order valence-electron chi connectivity index (χ0n) is 13.2. The van der Waals surface area contributed by atoms with Crippen molar-refractivity contribution in [1.82, 2.24) is 10.1 Å². The van der Waals surface area contributed by atoms with Gasteiger partial charge in [-0.25, -0.2) is 0 Å². The van der Waals surface area contributed by atoms with Crippen LogP contribution in [0, 0.1) is 6.92 Å². The predicted molar refractivity (Wildman–Crippen MR) is 91.4 cm³/mol. The topological polar surface area (TPSA) is 78.6 Å². The average molecular weight is 370 g/mol. The molecule has 2 atom stereocenters. The Morgan fingerprint density at radius 1 is 1.46 bits per heavy atom. The van der Waals surface area contributed by atoms with Crippen molar-refractivity contribution in [2.75, 3.05) is 18.9 Å². The Labute approximate surface area is 149 Å². The van der Waals surface area contributed by atoms with Gasteiger partial charge in [-0.05, 0) is 37.2 Å². The summed E-state index contributed by atoms with van der Waals surface area (Å²) >= 11 is 12.3. The van der Waals surface area contributed by atoms with Gasteiger partial charge in [-0.15, -0.1) is 0 Å². The van der Waals surface area contributed by atoms with Gasteiger partial charge < -0.3 is 9.63 Å². The van der Waals surface area contributed by atoms with Gasteiger partial charge in [-0.3, -0.25) is 15.0 Å². The summed E-state index contributed by atoms with van der Waals surface area (Å²) in [5, 5.41) is 17.8. The van der Waals surface area contributed by atoms with Crippen molar-refractivity contribution in [3.8, 4) is 0 Å². The summed E-state index contributed by atoms with van der Waals surface area (Å²) in [6, 6.07) is 4.74. The molecule has 0 saturated carbocycles. The van der Waals surface area contributed by atoms with Crippen molar-refractivity contribution < 1.29 is 14.4 Å². The summed E-state index contributed by atoms with van der Waals surface area (Å²) in [4.78, 5) is 13.9. The number of likely N-dealkylation sites (N-methyl/N-ethyl adjacent to an activating group) is 1. The van der Waals surface area contributed by atoms with Crippen molar-refractivity contribution in [2.45, 2.75) is 25.5 Å². The monoisotopic (exact) mass is 369 g/mol. The first-order valence-corrected chi connectivity index (χ1v) is 8.20. The van der Waals surface area contributed by atoms with Crippen LogP contribution in [0.15, 0.2) is 22.7 Å². The smallest absolute Gasteiger partial charge is 0.240 e. The number of carbonyl (C=O) groups excluding carboxylic acids is 1. The van der Waals surface area contributed by atoms with Crippen LogP contribution in [0.3, 0.4) is 0 Å². The number of amides is 1. The van der Waals surface area contributed by atoms with Crippen molar-refractivity contribution >= 4 is 35.0 Å². The number of halogens is 2. The molecule has 8 heteroatoms. The van der Waals surface area contributed by atoms with Gasteiger partial charge in [-0.2, -0.15) is 0 Å². The Morgan fingerprint density at radius 3 is 2.88 bits per heavy atom. The predicted octanol–water partition coefficient (Wildman–Crippen LogP) is 2.82. The van der Waals surface area contributed by atoms with Crippen molar-refractivity contribution in [3.05, 3.63) is 45.1 Å². The maximum atomic E-state index is 12.2. The number of aliphatic hydroxyl groups excluding tert-OH is 1. The number of anilines is 1. The van der Waals surface area contributed by atoms with Crippen molar-refractivity contribution in [3.63, 3.8) is 0 Å². The Kier molecular flexibility index (Phi) is 4.83. The van der Waals surface area contributed by atoms with Crippen LogP contribution in [0.5, 0.6) is 0 Å². The van der Waals surface area contributed by atoms with Gasteiger partial charge >= 0.3 is 0 Å². The van der Waals surface area contributed by atoms with Gasteiger partial charge in [0, 0.05) is 22.5 Å². The fourth-order valence-electron chi connectivity index (χ4n) is 3.09. The fourth-order valence-corrected chi connectivity index (χ4v) is 3.67. The summed E-state index contributed by atoms with van der Waals surface area (Å²) in [6.45, 7) is 1.84. The first-order chi connectivity index (χ1) is 11.3. The molecule has 1 amide bonds. The van der Waals surface area contributed by atoms with Crippen LogP contribution in [0.25, 0.3) is 0 Å². The molecule has 1 aliphatic rings. The SMILES string of the molecule is Cc1cc(NC(=O)CN(C)[C@H]2c3cc(Cl)cc(Cl)c3C[C@@H]2O)on1. The number of hydrogen-bond acceptors (Lipinski definition) is 5. The molecular weight excluding hydrogens is 353 g/mol. The highest BCUT2D eigenvalue weighted by molar-refractivity contribution is 6.35. The number of aliphatic hydroxyl groups is 1. The Balaban J connectivity index is 1.74. The highest BCUT2D eigenvalue weighted by Crippen LogP contribution is 2.40. The minimum Gasteiger partial charge on any atom is -0.391 e. The van der Waals surface area contributed by atoms with Gasteiger partial charge in [0.05, 0.1) is 24.4 Å². The van der Waals surface area contributed by atoms with E-state index < -0.39 is 6.10 Å². The highest BCUT2D eigenvalue weighted by atomic mass is 35.5. The Hall–Kier alpha value is -1.60. The third kappa shape index (κ3) is 3.42. The van der Waals surface area contributed by atoms with E-state index in [1.165, 1.54) is 0 Å². The molecule has 1 aliphatic carbocycles. The van der Waals surface area contributed by atoms with Gasteiger partial charge in [0.25, 0.3) is 0 Å². The second kappa shape index (κ2) is 6.72. The van der Waals surface area contributed by atoms with Crippen LogP contribution in [-0.4, -0.2) is 40.8 Å². The highest BCUT2D eigenvalue weighted by Gasteiger charge is 2.36. The minimum atomic E-state index is -0.652. The molecule has 0 aliphatic heterocycles. The zero-order chi connectivity index (χ0) is 17.4. The largest absolute Gasteiger partial charge is 0.391 e. The standard InChI is InChI=1S/C16H17Cl2N3O3/c1-8-3-15(24-20-8)19-14(23)7-21(2)16-11-4-9(17)5-12(18)10(11)6-13(16)22/h3-5,13,16,22H,6-7H2,1-2H3,(H,19,23)/t13-,16-/m0/s1. The number of nitrogens with zero attached hydrogens (tertiary/aromatic N) is 2. The number of hydrogen-bond donors (Lipinski definition) is 2. The van der Waals surface area contributed by atoms with E-state index >= 15 is 0 Å². The van der Waals surface area contributed by atoms with E-state index in [1.54, 1.807) is 37.1 Å². The Bertz CT molecular complexity index is 778. The molecule has 128 valence electrons. The molecule has 0 bridgehead atoms. The van der Waals surface area contributed by atoms with Gasteiger partial charge in [0.1, 0.15) is 0 Å². The number of carbonyl (C=O) groups is 1. The summed E-state index contributed by atoms with van der Waals surface area (Å²) in [7, 11) is 1.77. The van der Waals surface area contributed by atoms with Crippen molar-refractivity contribution in [1.29, 1.82) is 0 Å². The van der Waals surface area contributed by atoms with Gasteiger partial charge in [-0.1, -0.05) is 28.4 Å². The molecule has 1 aromatic carbocycles. The number of fused-ring (bicyclic) bond motifs is 1. The van der Waals surface area contributed by atoms with Crippen LogP contribution in [0.4, 0.5) is 5.88 Å². The third-order valence-electron chi connectivity index (χ3n) is 4.05. The lowest BCUT2D eigenvalue weighted by Gasteiger charge is -2.27. The number of rotatable bonds is 4. The first-order valence-electron chi connectivity index (χ1n) is 7.44. The van der Waals surface area contributed by atoms with Crippen LogP contribution in [0.1, 0.15) is 22.9 Å². The van der Waals surface area contributed by atoms with Crippen LogP contribution in [0.2, 0.25) is 10.0 Å². The lowest BCUT2D eigenvalue weighted by molar-refractivity contribution is -0.118. The van der Waals surface area contributed by atoms with E-state index in [0.29, 0.717) is 28.0 Å². The number of aryl methyl sites for hydroxylation is 1. The normalized spacial score (nSPS) is 19.6. The maximum Gasteiger partial charge on any atom is 0.240 e. The van der Waals surface area contributed by atoms with E-state index in [1.807, 2.05) is 0 Å². The zero-order valence-corrected chi connectivity index (χ0v) is 14.7. The molecular formula is C16H17Cl2N3O3. The average Bonchev–Trinajstić information content (AvgIpc) is 3.01. The summed E-state index contributed by atoms with van der Waals surface area (Å²) in [6.07, 6.45) is -0.218. The molecule has 3 rings (SSSR count). The molecule has 24 heavy (non-hydrogen) atoms. The molecule has 2 aromatic rings. The van der Waals surface area contributed by atoms with E-state index in [2.05, 4.69) is 10.5 Å². The third-order valence-corrected chi connectivity index (χ3v) is 4.61. The second-order valence-electron chi connectivity index (χ2n) is 5.97. The number of nitrogens with one attached hydrogen (secondary N) is 1. The van der Waals surface area contributed by atoms with E-state index in [4.69, 9.17) is 27.7 Å². The molecule has 0 radical (unpaired) electrons. The summed E-state index contributed by atoms with van der Waals surface area (Å²) < 4.78 is 4.97. The molecule has 2 N–H and O–H groups in total. The van der Waals surface area contributed by atoms with E-state index in [-0.39, 0.29) is 18.5 Å². The lowest BCUT2D eigenvalue weighted by Crippen LogP contribution is -2.37. The lowest BCUT2D eigenvalue weighted by atomic mass is 10.1. The van der Waals surface area contributed by atoms with E-state index in [9.17, 15) is 9.90 Å². The molecule has 1 aromatic heterocycles. The molecule has 0 saturated heterocycles. The molecule has 0 unspecified atom stereocenters. The van der Waals surface area contributed by atoms with Crippen molar-refractivity contribution in [2.24, 2.45) is 0 Å². The summed E-state index contributed by atoms with van der Waals surface area (Å²) in [5.41, 5.74) is 2.41. The molecule has 0 fully saturated rings. The Morgan fingerprint density at radius 2 is 2.21 bits per heavy atom. The van der Waals surface area contributed by atoms with Crippen LogP contribution in [-0.2, 0) is 11.2 Å². The van der Waals surface area contributed by atoms with Gasteiger partial charge in [0.2, 0.25) is 11.8 Å². The summed E-state index contributed by atoms with van der Waals surface area (Å²) in [5.74, 6) is 0.0341. The first kappa shape index (κ1) is 17.2. The van der Waals surface area contributed by atoms with Crippen LogP contribution >= 0.6 is 23.2 Å². The number of aromatic nitrogens is 1. The fraction of sp³-hybridized carbons (Fsp3) is 0.375. The van der Waals surface area contributed by atoms with Crippen LogP contribution < -0.4 is 5.32 Å². The number of benzene rings is 1. The van der Waals surface area contributed by atoms with Gasteiger partial charge in [0.15, 0.2) is 0 Å². The molecule has 0 spiro atoms. The second-order valence-corrected chi connectivity index (χ2v) is 6.81. The maximum absolute atomic E-state index is 12.2. The molecule has 1 heterocycles. The molecule has 6 nitrogen and oxygen atoms in total. The quantitative estimate of drug-likeness (QED) is 0.866.